The van der Waals surface area contributed by atoms with Crippen LogP contribution < -0.4 is 10.1 Å². The molecule has 0 radical (unpaired) electrons. The van der Waals surface area contributed by atoms with E-state index >= 15 is 0 Å². The third-order valence-electron chi connectivity index (χ3n) is 3.20. The molecule has 0 unspecified atom stereocenters. The molecule has 1 N–H and O–H groups in total. The van der Waals surface area contributed by atoms with E-state index in [4.69, 9.17) is 21.1 Å². The highest BCUT2D eigenvalue weighted by Gasteiger charge is 2.14. The van der Waals surface area contributed by atoms with Crippen LogP contribution in [0.1, 0.15) is 12.5 Å². The number of carbonyl (C=O) groups is 2. The molecular weight excluding hydrogens is 349 g/mol. The zero-order chi connectivity index (χ0) is 18.2. The Bertz CT molecular complexity index is 729. The van der Waals surface area contributed by atoms with Gasteiger partial charge < -0.3 is 14.8 Å². The van der Waals surface area contributed by atoms with Crippen molar-refractivity contribution in [1.29, 1.82) is 0 Å². The molecule has 7 heteroatoms. The standard InChI is InChI=1S/C18H17ClFNO4/c1-2-24-13-8-6-12(7-9-13)21-17(22)11-25-18(23)10-14-15(19)4-3-5-16(14)20/h3-9H,2,10-11H2,1H3,(H,21,22). The number of amides is 1. The minimum absolute atomic E-state index is 0.0427. The van der Waals surface area contributed by atoms with Crippen LogP contribution in [-0.2, 0) is 20.7 Å². The second-order valence-electron chi connectivity index (χ2n) is 5.04. The number of carbonyl (C=O) groups excluding carboxylic acids is 2. The van der Waals surface area contributed by atoms with Crippen molar-refractivity contribution < 1.29 is 23.5 Å². The molecule has 0 heterocycles. The summed E-state index contributed by atoms with van der Waals surface area (Å²) in [5, 5.41) is 2.72. The highest BCUT2D eigenvalue weighted by Crippen LogP contribution is 2.20. The molecule has 0 aliphatic rings. The minimum Gasteiger partial charge on any atom is -0.494 e. The Balaban J connectivity index is 1.82. The molecule has 5 nitrogen and oxygen atoms in total. The molecule has 132 valence electrons. The first-order chi connectivity index (χ1) is 12.0. The predicted molar refractivity (Wildman–Crippen MR) is 92.3 cm³/mol. The van der Waals surface area contributed by atoms with Crippen molar-refractivity contribution in [3.05, 3.63) is 58.9 Å². The molecule has 0 aliphatic heterocycles. The van der Waals surface area contributed by atoms with Crippen LogP contribution in [0, 0.1) is 5.82 Å². The van der Waals surface area contributed by atoms with E-state index in [0.29, 0.717) is 18.0 Å². The summed E-state index contributed by atoms with van der Waals surface area (Å²) >= 11 is 5.84. The number of nitrogens with one attached hydrogen (secondary N) is 1. The topological polar surface area (TPSA) is 64.6 Å². The summed E-state index contributed by atoms with van der Waals surface area (Å²) in [4.78, 5) is 23.5. The first-order valence-corrected chi connectivity index (χ1v) is 7.98. The summed E-state index contributed by atoms with van der Waals surface area (Å²) in [6, 6.07) is 10.9. The predicted octanol–water partition coefficient (Wildman–Crippen LogP) is 3.60. The lowest BCUT2D eigenvalue weighted by atomic mass is 10.1. The zero-order valence-electron chi connectivity index (χ0n) is 13.6. The van der Waals surface area contributed by atoms with Crippen LogP contribution in [0.4, 0.5) is 10.1 Å². The van der Waals surface area contributed by atoms with Crippen molar-refractivity contribution >= 4 is 29.2 Å². The lowest BCUT2D eigenvalue weighted by molar-refractivity contribution is -0.146. The number of hydrogen-bond donors (Lipinski definition) is 1. The normalized spacial score (nSPS) is 10.2. The minimum atomic E-state index is -0.742. The molecule has 1 amide bonds. The molecule has 0 aromatic heterocycles. The Kier molecular flexibility index (Phi) is 6.77. The Morgan fingerprint density at radius 3 is 2.52 bits per heavy atom. The maximum absolute atomic E-state index is 13.6. The van der Waals surface area contributed by atoms with E-state index in [9.17, 15) is 14.0 Å². The van der Waals surface area contributed by atoms with Gasteiger partial charge in [0, 0.05) is 16.3 Å². The first-order valence-electron chi connectivity index (χ1n) is 7.60. The fourth-order valence-electron chi connectivity index (χ4n) is 2.04. The fourth-order valence-corrected chi connectivity index (χ4v) is 2.27. The summed E-state index contributed by atoms with van der Waals surface area (Å²) in [6.07, 6.45) is -0.345. The lowest BCUT2D eigenvalue weighted by Crippen LogP contribution is -2.21. The number of benzene rings is 2. The van der Waals surface area contributed by atoms with Crippen LogP contribution in [0.3, 0.4) is 0 Å². The molecule has 0 saturated heterocycles. The average molecular weight is 366 g/mol. The molecule has 0 fully saturated rings. The van der Waals surface area contributed by atoms with Crippen LogP contribution in [0.5, 0.6) is 5.75 Å². The first kappa shape index (κ1) is 18.7. The van der Waals surface area contributed by atoms with Crippen molar-refractivity contribution in [3.8, 4) is 5.75 Å². The van der Waals surface area contributed by atoms with E-state index in [0.717, 1.165) is 0 Å². The smallest absolute Gasteiger partial charge is 0.310 e. The number of hydrogen-bond acceptors (Lipinski definition) is 4. The van der Waals surface area contributed by atoms with Gasteiger partial charge in [0.2, 0.25) is 0 Å². The Hall–Kier alpha value is -2.60. The van der Waals surface area contributed by atoms with Crippen LogP contribution >= 0.6 is 11.6 Å². The number of ether oxygens (including phenoxy) is 2. The van der Waals surface area contributed by atoms with Gasteiger partial charge in [-0.15, -0.1) is 0 Å². The van der Waals surface area contributed by atoms with E-state index in [1.807, 2.05) is 6.92 Å². The summed E-state index contributed by atoms with van der Waals surface area (Å²) in [7, 11) is 0. The maximum atomic E-state index is 13.6. The molecule has 0 bridgehead atoms. The Labute approximate surface area is 149 Å². The van der Waals surface area contributed by atoms with Crippen molar-refractivity contribution in [3.63, 3.8) is 0 Å². The largest absolute Gasteiger partial charge is 0.494 e. The fraction of sp³-hybridized carbons (Fsp3) is 0.222. The zero-order valence-corrected chi connectivity index (χ0v) is 14.3. The van der Waals surface area contributed by atoms with Gasteiger partial charge in [-0.2, -0.15) is 0 Å². The molecule has 2 aromatic rings. The summed E-state index contributed by atoms with van der Waals surface area (Å²) in [5.74, 6) is -1.15. The van der Waals surface area contributed by atoms with E-state index < -0.39 is 24.3 Å². The average Bonchev–Trinajstić information content (AvgIpc) is 2.58. The highest BCUT2D eigenvalue weighted by molar-refractivity contribution is 6.31. The van der Waals surface area contributed by atoms with E-state index in [-0.39, 0.29) is 17.0 Å². The Morgan fingerprint density at radius 1 is 1.16 bits per heavy atom. The van der Waals surface area contributed by atoms with Gasteiger partial charge in [-0.25, -0.2) is 4.39 Å². The molecular formula is C18H17ClFNO4. The summed E-state index contributed by atoms with van der Waals surface area (Å²) < 4.78 is 23.8. The van der Waals surface area contributed by atoms with Crippen LogP contribution in [0.2, 0.25) is 5.02 Å². The second kappa shape index (κ2) is 9.03. The van der Waals surface area contributed by atoms with Crippen molar-refractivity contribution in [1.82, 2.24) is 0 Å². The molecule has 2 rings (SSSR count). The van der Waals surface area contributed by atoms with Crippen LogP contribution in [-0.4, -0.2) is 25.1 Å². The van der Waals surface area contributed by atoms with Crippen LogP contribution in [0.25, 0.3) is 0 Å². The van der Waals surface area contributed by atoms with E-state index in [2.05, 4.69) is 5.32 Å². The lowest BCUT2D eigenvalue weighted by Gasteiger charge is -2.09. The molecule has 0 atom stereocenters. The number of halogens is 2. The third kappa shape index (κ3) is 5.76. The van der Waals surface area contributed by atoms with Crippen LogP contribution in [0.15, 0.2) is 42.5 Å². The Morgan fingerprint density at radius 2 is 1.88 bits per heavy atom. The van der Waals surface area contributed by atoms with Gasteiger partial charge in [-0.05, 0) is 43.3 Å². The van der Waals surface area contributed by atoms with Gasteiger partial charge in [0.1, 0.15) is 11.6 Å². The summed E-state index contributed by atoms with van der Waals surface area (Å²) in [6.45, 7) is 1.95. The van der Waals surface area contributed by atoms with Gasteiger partial charge in [-0.3, -0.25) is 9.59 Å². The highest BCUT2D eigenvalue weighted by atomic mass is 35.5. The van der Waals surface area contributed by atoms with Gasteiger partial charge in [-0.1, -0.05) is 17.7 Å². The number of esters is 1. The monoisotopic (exact) mass is 365 g/mol. The SMILES string of the molecule is CCOc1ccc(NC(=O)COC(=O)Cc2c(F)cccc2Cl)cc1. The second-order valence-corrected chi connectivity index (χ2v) is 5.45. The van der Waals surface area contributed by atoms with Crippen molar-refractivity contribution in [2.24, 2.45) is 0 Å². The van der Waals surface area contributed by atoms with Gasteiger partial charge in [0.05, 0.1) is 13.0 Å². The van der Waals surface area contributed by atoms with Crippen molar-refractivity contribution in [2.45, 2.75) is 13.3 Å². The molecule has 2 aromatic carbocycles. The quantitative estimate of drug-likeness (QED) is 0.761. The van der Waals surface area contributed by atoms with Crippen molar-refractivity contribution in [2.75, 3.05) is 18.5 Å². The van der Waals surface area contributed by atoms with Gasteiger partial charge in [0.15, 0.2) is 6.61 Å². The summed E-state index contributed by atoms with van der Waals surface area (Å²) in [5.41, 5.74) is 0.586. The van der Waals surface area contributed by atoms with E-state index in [1.165, 1.54) is 18.2 Å². The molecule has 25 heavy (non-hydrogen) atoms. The van der Waals surface area contributed by atoms with E-state index in [1.54, 1.807) is 24.3 Å². The van der Waals surface area contributed by atoms with Gasteiger partial charge >= 0.3 is 5.97 Å². The molecule has 0 saturated carbocycles. The van der Waals surface area contributed by atoms with Gasteiger partial charge in [0.25, 0.3) is 5.91 Å². The maximum Gasteiger partial charge on any atom is 0.310 e. The molecule has 0 spiro atoms. The number of anilines is 1. The molecule has 0 aliphatic carbocycles. The third-order valence-corrected chi connectivity index (χ3v) is 3.55. The number of rotatable bonds is 7.